The predicted molar refractivity (Wildman–Crippen MR) is 108 cm³/mol. The largest absolute Gasteiger partial charge is 0.492 e. The third-order valence-electron chi connectivity index (χ3n) is 5.04. The minimum absolute atomic E-state index is 0.0814. The zero-order chi connectivity index (χ0) is 20.4. The lowest BCUT2D eigenvalue weighted by Crippen LogP contribution is -2.18. The lowest BCUT2D eigenvalue weighted by molar-refractivity contribution is 0.0931. The van der Waals surface area contributed by atoms with Crippen molar-refractivity contribution in [1.29, 1.82) is 0 Å². The number of carbonyl (C=O) groups excluding carboxylic acids is 1. The summed E-state index contributed by atoms with van der Waals surface area (Å²) in [6.07, 6.45) is 3.05. The van der Waals surface area contributed by atoms with Crippen molar-refractivity contribution in [1.82, 2.24) is 4.98 Å². The molecule has 4 rings (SSSR count). The van der Waals surface area contributed by atoms with E-state index in [0.717, 1.165) is 16.8 Å². The fraction of sp³-hybridized carbons (Fsp3) is 0.217. The molecule has 2 aromatic carbocycles. The average molecular weight is 392 g/mol. The van der Waals surface area contributed by atoms with Gasteiger partial charge in [-0.25, -0.2) is 4.39 Å². The number of nitrogens with zero attached hydrogens (tertiary/aromatic N) is 1. The molecule has 3 aromatic rings. The molecule has 29 heavy (non-hydrogen) atoms. The highest BCUT2D eigenvalue weighted by atomic mass is 19.1. The molecule has 0 amide bonds. The number of anilines is 1. The first-order valence-corrected chi connectivity index (χ1v) is 9.42. The molecule has 0 bridgehead atoms. The van der Waals surface area contributed by atoms with Crippen LogP contribution in [0.3, 0.4) is 0 Å². The van der Waals surface area contributed by atoms with E-state index in [1.807, 2.05) is 43.4 Å². The van der Waals surface area contributed by atoms with E-state index in [1.54, 1.807) is 19.3 Å². The van der Waals surface area contributed by atoms with Gasteiger partial charge in [-0.3, -0.25) is 9.78 Å². The first kappa shape index (κ1) is 18.9. The van der Waals surface area contributed by atoms with Gasteiger partial charge in [0.25, 0.3) is 0 Å². The lowest BCUT2D eigenvalue weighted by atomic mass is 9.99. The van der Waals surface area contributed by atoms with Crippen molar-refractivity contribution in [3.63, 3.8) is 0 Å². The summed E-state index contributed by atoms with van der Waals surface area (Å²) in [6.45, 7) is 2.00. The lowest BCUT2D eigenvalue weighted by Gasteiger charge is -2.25. The van der Waals surface area contributed by atoms with E-state index in [9.17, 15) is 9.18 Å². The average Bonchev–Trinajstić information content (AvgIpc) is 2.75. The highest BCUT2D eigenvalue weighted by Crippen LogP contribution is 2.40. The van der Waals surface area contributed by atoms with Crippen LogP contribution in [0.4, 0.5) is 10.1 Å². The van der Waals surface area contributed by atoms with Crippen molar-refractivity contribution in [3.8, 4) is 11.5 Å². The van der Waals surface area contributed by atoms with Gasteiger partial charge in [-0.15, -0.1) is 0 Å². The number of rotatable bonds is 5. The number of hydrogen-bond donors (Lipinski definition) is 1. The molecular formula is C23H21FN2O3. The minimum atomic E-state index is -0.578. The van der Waals surface area contributed by atoms with Gasteiger partial charge >= 0.3 is 0 Å². The number of carbonyl (C=O) groups is 1. The van der Waals surface area contributed by atoms with Crippen LogP contribution in [0.15, 0.2) is 54.9 Å². The van der Waals surface area contributed by atoms with Crippen LogP contribution in [0.5, 0.6) is 11.5 Å². The molecule has 0 saturated carbocycles. The number of benzene rings is 2. The van der Waals surface area contributed by atoms with Crippen molar-refractivity contribution in [2.45, 2.75) is 19.4 Å². The quantitative estimate of drug-likeness (QED) is 0.682. The fourth-order valence-electron chi connectivity index (χ4n) is 3.47. The second-order valence-electron chi connectivity index (χ2n) is 6.86. The number of halogens is 1. The molecule has 1 aliphatic heterocycles. The summed E-state index contributed by atoms with van der Waals surface area (Å²) in [5.41, 5.74) is 3.43. The van der Waals surface area contributed by atoms with Crippen LogP contribution >= 0.6 is 0 Å². The van der Waals surface area contributed by atoms with Crippen molar-refractivity contribution >= 4 is 11.5 Å². The third-order valence-corrected chi connectivity index (χ3v) is 5.04. The first-order chi connectivity index (χ1) is 14.1. The third kappa shape index (κ3) is 3.66. The number of aromatic nitrogens is 1. The summed E-state index contributed by atoms with van der Waals surface area (Å²) in [5.74, 6) is -0.214. The monoisotopic (exact) mass is 392 g/mol. The number of Topliss-reactive ketones (excluding diaryl/α,β-unsaturated/α-hetero) is 1. The molecule has 1 aromatic heterocycles. The van der Waals surface area contributed by atoms with Gasteiger partial charge in [-0.2, -0.15) is 0 Å². The molecule has 148 valence electrons. The van der Waals surface area contributed by atoms with Crippen molar-refractivity contribution < 1.29 is 18.7 Å². The van der Waals surface area contributed by atoms with Crippen LogP contribution in [0.2, 0.25) is 0 Å². The second kappa shape index (κ2) is 7.91. The first-order valence-electron chi connectivity index (χ1n) is 9.42. The Morgan fingerprint density at radius 3 is 2.52 bits per heavy atom. The Kier molecular flexibility index (Phi) is 5.16. The molecule has 5 nitrogen and oxygen atoms in total. The van der Waals surface area contributed by atoms with Gasteiger partial charge in [0.05, 0.1) is 12.2 Å². The zero-order valence-corrected chi connectivity index (χ0v) is 16.2. The number of pyridine rings is 1. The normalized spacial score (nSPS) is 14.0. The van der Waals surface area contributed by atoms with E-state index in [1.165, 1.54) is 6.07 Å². The Balaban J connectivity index is 1.78. The highest BCUT2D eigenvalue weighted by molar-refractivity contribution is 6.00. The number of nitrogens with one attached hydrogen (secondary N) is 1. The summed E-state index contributed by atoms with van der Waals surface area (Å²) >= 11 is 0. The number of ether oxygens (including phenoxy) is 2. The predicted octanol–water partition coefficient (Wildman–Crippen LogP) is 4.70. The van der Waals surface area contributed by atoms with Crippen LogP contribution in [-0.4, -0.2) is 24.4 Å². The maximum Gasteiger partial charge on any atom is 0.170 e. The van der Waals surface area contributed by atoms with Gasteiger partial charge in [-0.1, -0.05) is 12.1 Å². The van der Waals surface area contributed by atoms with E-state index in [4.69, 9.17) is 9.47 Å². The van der Waals surface area contributed by atoms with Crippen LogP contribution in [0, 0.1) is 12.7 Å². The molecular weight excluding hydrogens is 371 g/mol. The van der Waals surface area contributed by atoms with Crippen molar-refractivity contribution in [3.05, 3.63) is 82.9 Å². The maximum atomic E-state index is 15.0. The molecule has 0 fully saturated rings. The molecule has 0 aliphatic carbocycles. The fourth-order valence-corrected chi connectivity index (χ4v) is 3.47. The molecule has 1 atom stereocenters. The highest BCUT2D eigenvalue weighted by Gasteiger charge is 2.27. The van der Waals surface area contributed by atoms with Crippen LogP contribution in [0.25, 0.3) is 0 Å². The Morgan fingerprint density at radius 1 is 1.14 bits per heavy atom. The Bertz CT molecular complexity index is 1040. The molecule has 2 heterocycles. The molecule has 0 spiro atoms. The Hall–Kier alpha value is -3.41. The SMILES string of the molecule is CNc1ccc(C(Oc2c(F)cc3c(c2C)OCCC3=O)c2ccncc2)cc1. The topological polar surface area (TPSA) is 60.5 Å². The molecule has 1 unspecified atom stereocenters. The van der Waals surface area contributed by atoms with Gasteiger partial charge in [0.1, 0.15) is 11.9 Å². The molecule has 1 N–H and O–H groups in total. The maximum absolute atomic E-state index is 15.0. The Labute approximate surface area is 168 Å². The molecule has 0 saturated heterocycles. The van der Waals surface area contributed by atoms with E-state index in [2.05, 4.69) is 10.3 Å². The standard InChI is InChI=1S/C23H21FN2O3/c1-14-21-18(20(27)9-12-28-21)13-19(24)22(14)29-23(16-7-10-26-11-8-16)15-3-5-17(25-2)6-4-15/h3-8,10-11,13,23,25H,9,12H2,1-2H3. The molecule has 1 aliphatic rings. The van der Waals surface area contributed by atoms with Gasteiger partial charge in [-0.05, 0) is 48.4 Å². The summed E-state index contributed by atoms with van der Waals surface area (Å²) in [5, 5.41) is 3.08. The smallest absolute Gasteiger partial charge is 0.170 e. The van der Waals surface area contributed by atoms with Crippen molar-refractivity contribution in [2.24, 2.45) is 0 Å². The summed E-state index contributed by atoms with van der Waals surface area (Å²) in [4.78, 5) is 16.2. The summed E-state index contributed by atoms with van der Waals surface area (Å²) in [6, 6.07) is 12.6. The van der Waals surface area contributed by atoms with E-state index < -0.39 is 11.9 Å². The van der Waals surface area contributed by atoms with Gasteiger partial charge in [0, 0.05) is 37.1 Å². The summed E-state index contributed by atoms with van der Waals surface area (Å²) < 4.78 is 26.8. The van der Waals surface area contributed by atoms with Gasteiger partial charge in [0.15, 0.2) is 17.3 Å². The van der Waals surface area contributed by atoms with E-state index in [0.29, 0.717) is 11.3 Å². The van der Waals surface area contributed by atoms with Gasteiger partial charge in [0.2, 0.25) is 0 Å². The van der Waals surface area contributed by atoms with Crippen LogP contribution < -0.4 is 14.8 Å². The van der Waals surface area contributed by atoms with Crippen molar-refractivity contribution in [2.75, 3.05) is 19.0 Å². The number of hydrogen-bond acceptors (Lipinski definition) is 5. The summed E-state index contributed by atoms with van der Waals surface area (Å²) in [7, 11) is 1.85. The Morgan fingerprint density at radius 2 is 1.83 bits per heavy atom. The van der Waals surface area contributed by atoms with Crippen LogP contribution in [0.1, 0.15) is 39.6 Å². The number of fused-ring (bicyclic) bond motifs is 1. The van der Waals surface area contributed by atoms with Gasteiger partial charge < -0.3 is 14.8 Å². The minimum Gasteiger partial charge on any atom is -0.492 e. The van der Waals surface area contributed by atoms with E-state index in [-0.39, 0.29) is 30.1 Å². The molecule has 0 radical (unpaired) electrons. The van der Waals surface area contributed by atoms with Crippen LogP contribution in [-0.2, 0) is 0 Å². The molecule has 6 heteroatoms. The number of ketones is 1. The second-order valence-corrected chi connectivity index (χ2v) is 6.86. The van der Waals surface area contributed by atoms with E-state index >= 15 is 0 Å². The zero-order valence-electron chi connectivity index (χ0n) is 16.2.